The van der Waals surface area contributed by atoms with Crippen LogP contribution in [0.3, 0.4) is 0 Å². The second kappa shape index (κ2) is 33.4. The molecule has 0 aromatic rings. The predicted molar refractivity (Wildman–Crippen MR) is 290 cm³/mol. The van der Waals surface area contributed by atoms with Gasteiger partial charge in [0.1, 0.15) is 152 Å². The van der Waals surface area contributed by atoms with Crippen LogP contribution in [0.2, 0.25) is 0 Å². The fourth-order valence-corrected chi connectivity index (χ4v) is 12.1. The van der Waals surface area contributed by atoms with E-state index < -0.39 is 291 Å². The Labute approximate surface area is 529 Å². The van der Waals surface area contributed by atoms with E-state index in [2.05, 4.69) is 16.0 Å². The minimum absolute atomic E-state index is 0.156. The predicted octanol–water partition coefficient (Wildman–Crippen LogP) is -14.2. The van der Waals surface area contributed by atoms with Gasteiger partial charge in [-0.2, -0.15) is 0 Å². The molecular weight excluding hydrogens is 1270 g/mol. The Bertz CT molecular complexity index is 2380. The lowest BCUT2D eigenvalue weighted by molar-refractivity contribution is -0.424. The molecule has 40 nitrogen and oxygen atoms in total. The molecule has 0 spiro atoms. The van der Waals surface area contributed by atoms with Crippen molar-refractivity contribution in [3.05, 3.63) is 0 Å². The molecule has 7 fully saturated rings. The third-order valence-electron chi connectivity index (χ3n) is 17.2. The average molecular weight is 1360 g/mol. The molecule has 22 N–H and O–H groups in total. The van der Waals surface area contributed by atoms with Crippen LogP contribution in [-0.2, 0) is 85.5 Å². The molecule has 7 rings (SSSR count). The third kappa shape index (κ3) is 17.4. The normalized spacial score (nSPS) is 47.2. The van der Waals surface area contributed by atoms with Crippen LogP contribution in [0, 0.1) is 5.92 Å². The Morgan fingerprint density at radius 1 is 0.484 bits per heavy atom. The second-order valence-electron chi connectivity index (χ2n) is 23.8. The first-order valence-corrected chi connectivity index (χ1v) is 29.9. The SMILES string of the molecule is CC(=O)NC1C(O)[C@H](O[C@@H]2OC(CO[C@]3(OC=O)C[C@@H](O)[C@@H](C)C(C(O)C(O)CO)O3)[C@H](O)[C@H](O)C2O)[C@H](CO)O[C@H]1OC1[C@@H](OCC2O[C@@H](O[C@@H]3C(CO)O[C@@H](O[C@@H]4C(CO)O[C@@H](C)C(NC(C)=O)[C@H]4O)C(NC(C)=O)[C@H]3O)C(O)[C@@H](O)[C@@H]2O)OC(CO)[C@@H](O)[C@@H]1O. The van der Waals surface area contributed by atoms with Gasteiger partial charge in [0, 0.05) is 26.7 Å². The summed E-state index contributed by atoms with van der Waals surface area (Å²) in [7, 11) is 0. The van der Waals surface area contributed by atoms with Gasteiger partial charge >= 0.3 is 5.97 Å². The molecule has 0 bridgehead atoms. The maximum atomic E-state index is 12.8. The Morgan fingerprint density at radius 3 is 1.33 bits per heavy atom. The van der Waals surface area contributed by atoms with Crippen LogP contribution in [-0.4, -0.2) is 382 Å². The first kappa shape index (κ1) is 77.0. The molecule has 0 aliphatic carbocycles. The number of carbonyl (C=O) groups excluding carboxylic acids is 4. The van der Waals surface area contributed by atoms with Gasteiger partial charge in [0.15, 0.2) is 31.5 Å². The summed E-state index contributed by atoms with van der Waals surface area (Å²) in [6, 6.07) is -4.62. The molecule has 538 valence electrons. The first-order chi connectivity index (χ1) is 43.9. The van der Waals surface area contributed by atoms with E-state index in [9.17, 15) is 116 Å². The Balaban J connectivity index is 1.06. The topological polar surface area (TPSA) is 618 Å². The van der Waals surface area contributed by atoms with Crippen LogP contribution >= 0.6 is 0 Å². The number of rotatable bonds is 26. The molecule has 3 amide bonds. The molecule has 0 saturated carbocycles. The van der Waals surface area contributed by atoms with E-state index in [-0.39, 0.29) is 6.47 Å². The number of hydrogen-bond acceptors (Lipinski definition) is 37. The lowest BCUT2D eigenvalue weighted by Crippen LogP contribution is -2.70. The Hall–Kier alpha value is -3.40. The van der Waals surface area contributed by atoms with E-state index in [1.165, 1.54) is 20.8 Å². The highest BCUT2D eigenvalue weighted by atomic mass is 16.9. The van der Waals surface area contributed by atoms with E-state index >= 15 is 0 Å². The maximum Gasteiger partial charge on any atom is 0.332 e. The molecular formula is C53H89N3O37. The van der Waals surface area contributed by atoms with Gasteiger partial charge < -0.3 is 179 Å². The molecule has 93 heavy (non-hydrogen) atoms. The number of aliphatic hydroxyl groups is 19. The number of aliphatic hydroxyl groups excluding tert-OH is 19. The van der Waals surface area contributed by atoms with Gasteiger partial charge in [0.2, 0.25) is 17.7 Å². The van der Waals surface area contributed by atoms with Crippen molar-refractivity contribution in [1.29, 1.82) is 0 Å². The smallest absolute Gasteiger partial charge is 0.332 e. The summed E-state index contributed by atoms with van der Waals surface area (Å²) < 4.78 is 81.3. The van der Waals surface area contributed by atoms with E-state index in [4.69, 9.17) is 66.3 Å². The second-order valence-corrected chi connectivity index (χ2v) is 23.8. The van der Waals surface area contributed by atoms with Crippen molar-refractivity contribution in [2.45, 2.75) is 255 Å². The van der Waals surface area contributed by atoms with E-state index in [0.29, 0.717) is 0 Å². The summed E-state index contributed by atoms with van der Waals surface area (Å²) in [6.45, 7) is -0.774. The monoisotopic (exact) mass is 1360 g/mol. The third-order valence-corrected chi connectivity index (χ3v) is 17.2. The van der Waals surface area contributed by atoms with Gasteiger partial charge in [-0.25, -0.2) is 0 Å². The summed E-state index contributed by atoms with van der Waals surface area (Å²) in [4.78, 5) is 49.1. The van der Waals surface area contributed by atoms with E-state index in [1.807, 2.05) is 0 Å². The maximum absolute atomic E-state index is 12.8. The zero-order valence-corrected chi connectivity index (χ0v) is 50.8. The zero-order chi connectivity index (χ0) is 68.8. The Kier molecular flexibility index (Phi) is 27.7. The largest absolute Gasteiger partial charge is 0.410 e. The van der Waals surface area contributed by atoms with Crippen LogP contribution in [0.5, 0.6) is 0 Å². The molecule has 7 aliphatic rings. The van der Waals surface area contributed by atoms with Crippen molar-refractivity contribution in [3.8, 4) is 0 Å². The van der Waals surface area contributed by atoms with Crippen LogP contribution < -0.4 is 16.0 Å². The molecule has 0 aromatic heterocycles. The fourth-order valence-electron chi connectivity index (χ4n) is 12.1. The van der Waals surface area contributed by atoms with Gasteiger partial charge in [-0.05, 0) is 6.92 Å². The molecule has 7 saturated heterocycles. The van der Waals surface area contributed by atoms with Crippen molar-refractivity contribution in [1.82, 2.24) is 16.0 Å². The van der Waals surface area contributed by atoms with Gasteiger partial charge in [0.25, 0.3) is 6.47 Å². The highest BCUT2D eigenvalue weighted by molar-refractivity contribution is 5.74. The summed E-state index contributed by atoms with van der Waals surface area (Å²) in [5.74, 6) is -5.81. The highest BCUT2D eigenvalue weighted by Gasteiger charge is 2.59. The molecule has 36 atom stereocenters. The molecule has 0 aromatic carbocycles. The van der Waals surface area contributed by atoms with Gasteiger partial charge in [0.05, 0.1) is 77.0 Å². The van der Waals surface area contributed by atoms with Crippen molar-refractivity contribution >= 4 is 24.2 Å². The number of carbonyl (C=O) groups is 4. The number of nitrogens with one attached hydrogen (secondary N) is 3. The first-order valence-electron chi connectivity index (χ1n) is 29.9. The van der Waals surface area contributed by atoms with Crippen LogP contribution in [0.25, 0.3) is 0 Å². The molecule has 40 heteroatoms. The van der Waals surface area contributed by atoms with Gasteiger partial charge in [-0.3, -0.25) is 19.2 Å². The molecule has 7 aliphatic heterocycles. The van der Waals surface area contributed by atoms with Crippen molar-refractivity contribution in [2.75, 3.05) is 46.2 Å². The quantitative estimate of drug-likeness (QED) is 0.0282. The van der Waals surface area contributed by atoms with Crippen LogP contribution in [0.1, 0.15) is 41.0 Å². The number of amides is 3. The summed E-state index contributed by atoms with van der Waals surface area (Å²) in [6.07, 6.45) is -58.5. The minimum atomic E-state index is -2.58. The average Bonchev–Trinajstić information content (AvgIpc) is 0.787. The fraction of sp³-hybridized carbons (Fsp3) is 0.925. The van der Waals surface area contributed by atoms with Crippen molar-refractivity contribution in [2.24, 2.45) is 5.92 Å². The van der Waals surface area contributed by atoms with Gasteiger partial charge in [-0.1, -0.05) is 6.92 Å². The van der Waals surface area contributed by atoms with E-state index in [1.54, 1.807) is 0 Å². The minimum Gasteiger partial charge on any atom is -0.410 e. The molecule has 15 unspecified atom stereocenters. The Morgan fingerprint density at radius 2 is 0.882 bits per heavy atom. The summed E-state index contributed by atoms with van der Waals surface area (Å²) in [5.41, 5.74) is 0. The lowest BCUT2D eigenvalue weighted by atomic mass is 9.87. The zero-order valence-electron chi connectivity index (χ0n) is 50.8. The number of hydrogen-bond donors (Lipinski definition) is 22. The van der Waals surface area contributed by atoms with Crippen molar-refractivity contribution in [3.63, 3.8) is 0 Å². The summed E-state index contributed by atoms with van der Waals surface area (Å²) in [5, 5.41) is 215. The molecule has 7 heterocycles. The van der Waals surface area contributed by atoms with Crippen LogP contribution in [0.15, 0.2) is 0 Å². The van der Waals surface area contributed by atoms with E-state index in [0.717, 1.165) is 13.8 Å². The van der Waals surface area contributed by atoms with Crippen molar-refractivity contribution < 1.29 is 183 Å². The summed E-state index contributed by atoms with van der Waals surface area (Å²) >= 11 is 0. The van der Waals surface area contributed by atoms with Crippen LogP contribution in [0.4, 0.5) is 0 Å². The highest BCUT2D eigenvalue weighted by Crippen LogP contribution is 2.40. The lowest BCUT2D eigenvalue weighted by Gasteiger charge is -2.50. The standard InChI is InChI=1S/C53H89N3O37/c1-15-20(66)6-53(82-14-62,93-43(15)31(68)21(67)7-57)81-13-27-34(71)39(76)42(79)51(88-27)91-46-25(11-61)86-49(30(37(46)74)56-19(5)65)92-47-40(77)32(69)22(8-58)84-52(47)80-12-26-33(70)38(75)41(78)50(87-26)90-45-24(10-60)85-48(29(36(45)73)55-18(4)64)89-44-23(9-59)83-16(2)28(35(44)72)54-17(3)63/h14-16,20-52,57-61,66-79H,6-13H2,1-5H3,(H,54,63)(H,55,64)(H,56,65)/t15-,16+,20-,21?,22?,23?,24?,25+,26?,27?,28?,29?,30?,31?,32-,33-,34+,35-,36-,37?,38+,39+,40+,41?,42?,43?,44-,45-,46-,47?,48+,49+,50+,51+,52+,53+/m1/s1. The molecule has 0 radical (unpaired) electrons. The number of ether oxygens (including phenoxy) is 14. The van der Waals surface area contributed by atoms with Gasteiger partial charge in [-0.15, -0.1) is 0 Å².